The molecule has 0 bridgehead atoms. The van der Waals surface area contributed by atoms with E-state index in [9.17, 15) is 9.18 Å². The maximum absolute atomic E-state index is 13.4. The summed E-state index contributed by atoms with van der Waals surface area (Å²) in [6, 6.07) is 11.6. The highest BCUT2D eigenvalue weighted by Gasteiger charge is 2.23. The second kappa shape index (κ2) is 10.6. The van der Waals surface area contributed by atoms with Crippen molar-refractivity contribution < 1.29 is 13.9 Å². The molecule has 2 aromatic heterocycles. The number of rotatable bonds is 8. The van der Waals surface area contributed by atoms with Crippen molar-refractivity contribution in [3.63, 3.8) is 0 Å². The van der Waals surface area contributed by atoms with Crippen molar-refractivity contribution >= 4 is 40.7 Å². The summed E-state index contributed by atoms with van der Waals surface area (Å²) in [5, 5.41) is 7.96. The number of carbonyl (C=O) groups is 1. The Balaban J connectivity index is 1.58. The summed E-state index contributed by atoms with van der Waals surface area (Å²) in [7, 11) is 1.56. The predicted molar refractivity (Wildman–Crippen MR) is 136 cm³/mol. The normalized spacial score (nSPS) is 12.1. The van der Waals surface area contributed by atoms with Crippen LogP contribution in [-0.2, 0) is 11.2 Å². The Bertz CT molecular complexity index is 1390. The molecule has 0 aliphatic heterocycles. The predicted octanol–water partition coefficient (Wildman–Crippen LogP) is 5.64. The van der Waals surface area contributed by atoms with Gasteiger partial charge in [-0.1, -0.05) is 48.5 Å². The van der Waals surface area contributed by atoms with Crippen LogP contribution < -0.4 is 10.1 Å². The van der Waals surface area contributed by atoms with Crippen LogP contribution in [0.4, 0.5) is 10.1 Å². The van der Waals surface area contributed by atoms with Crippen LogP contribution in [0.2, 0.25) is 5.02 Å². The van der Waals surface area contributed by atoms with Gasteiger partial charge < -0.3 is 10.1 Å². The van der Waals surface area contributed by atoms with Crippen molar-refractivity contribution in [1.82, 2.24) is 19.6 Å². The number of halogens is 2. The molecule has 0 aliphatic rings. The number of nitrogens with zero attached hydrogens (tertiary/aromatic N) is 4. The molecule has 1 N–H and O–H groups in total. The second-order valence-corrected chi connectivity index (χ2v) is 9.56. The first-order valence-corrected chi connectivity index (χ1v) is 12.3. The highest BCUT2D eigenvalue weighted by molar-refractivity contribution is 8.00. The zero-order valence-corrected chi connectivity index (χ0v) is 21.4. The third-order valence-corrected chi connectivity index (χ3v) is 7.26. The molecule has 0 radical (unpaired) electrons. The fourth-order valence-electron chi connectivity index (χ4n) is 3.76. The zero-order valence-electron chi connectivity index (χ0n) is 19.8. The monoisotopic (exact) mass is 513 g/mol. The minimum Gasteiger partial charge on any atom is -0.495 e. The minimum absolute atomic E-state index is 0.159. The number of hydrogen-bond donors (Lipinski definition) is 1. The number of aromatic nitrogens is 4. The second-order valence-electron chi connectivity index (χ2n) is 7.98. The number of ether oxygens (including phenoxy) is 1. The number of para-hydroxylation sites is 2. The Morgan fingerprint density at radius 2 is 2.00 bits per heavy atom. The summed E-state index contributed by atoms with van der Waals surface area (Å²) >= 11 is 7.53. The maximum atomic E-state index is 13.4. The smallest absolute Gasteiger partial charge is 0.253 e. The molecule has 35 heavy (non-hydrogen) atoms. The lowest BCUT2D eigenvalue weighted by Gasteiger charge is -2.14. The first kappa shape index (κ1) is 24.9. The van der Waals surface area contributed by atoms with Crippen LogP contribution in [0.15, 0.2) is 47.6 Å². The molecule has 10 heteroatoms. The van der Waals surface area contributed by atoms with Crippen molar-refractivity contribution in [1.29, 1.82) is 0 Å². The van der Waals surface area contributed by atoms with E-state index >= 15 is 0 Å². The molecule has 2 heterocycles. The van der Waals surface area contributed by atoms with E-state index in [0.29, 0.717) is 40.2 Å². The molecule has 1 amide bonds. The van der Waals surface area contributed by atoms with Gasteiger partial charge in [-0.3, -0.25) is 4.79 Å². The third kappa shape index (κ3) is 5.41. The molecule has 4 aromatic rings. The lowest BCUT2D eigenvalue weighted by molar-refractivity contribution is -0.115. The van der Waals surface area contributed by atoms with Crippen molar-refractivity contribution in [3.8, 4) is 5.75 Å². The Morgan fingerprint density at radius 1 is 1.23 bits per heavy atom. The highest BCUT2D eigenvalue weighted by atomic mass is 35.5. The van der Waals surface area contributed by atoms with Gasteiger partial charge in [-0.2, -0.15) is 4.98 Å². The van der Waals surface area contributed by atoms with E-state index in [2.05, 4.69) is 20.4 Å². The first-order chi connectivity index (χ1) is 16.8. The number of hydrogen-bond acceptors (Lipinski definition) is 6. The van der Waals surface area contributed by atoms with E-state index in [0.717, 1.165) is 22.5 Å². The average molecular weight is 514 g/mol. The van der Waals surface area contributed by atoms with Gasteiger partial charge in [0.1, 0.15) is 11.6 Å². The van der Waals surface area contributed by atoms with Gasteiger partial charge in [0, 0.05) is 22.8 Å². The molecule has 1 atom stereocenters. The van der Waals surface area contributed by atoms with Crippen molar-refractivity contribution in [2.45, 2.75) is 44.0 Å². The van der Waals surface area contributed by atoms with Crippen molar-refractivity contribution in [2.75, 3.05) is 12.4 Å². The van der Waals surface area contributed by atoms with Gasteiger partial charge in [0.2, 0.25) is 11.1 Å². The van der Waals surface area contributed by atoms with Crippen LogP contribution in [-0.4, -0.2) is 37.8 Å². The molecule has 7 nitrogen and oxygen atoms in total. The number of amides is 1. The van der Waals surface area contributed by atoms with Gasteiger partial charge in [-0.05, 0) is 55.7 Å². The fraction of sp³-hybridized carbons (Fsp3) is 0.280. The van der Waals surface area contributed by atoms with Gasteiger partial charge in [0.15, 0.2) is 0 Å². The van der Waals surface area contributed by atoms with E-state index in [1.54, 1.807) is 29.8 Å². The highest BCUT2D eigenvalue weighted by Crippen LogP contribution is 2.29. The van der Waals surface area contributed by atoms with Crippen molar-refractivity contribution in [2.24, 2.45) is 0 Å². The lowest BCUT2D eigenvalue weighted by atomic mass is 10.0. The van der Waals surface area contributed by atoms with Gasteiger partial charge in [-0.25, -0.2) is 13.9 Å². The summed E-state index contributed by atoms with van der Waals surface area (Å²) in [6.07, 6.45) is 1.07. The summed E-state index contributed by atoms with van der Waals surface area (Å²) in [5.41, 5.74) is 4.00. The Labute approximate surface area is 212 Å². The molecule has 0 fully saturated rings. The largest absolute Gasteiger partial charge is 0.495 e. The zero-order chi connectivity index (χ0) is 25.1. The number of benzene rings is 2. The lowest BCUT2D eigenvalue weighted by Crippen LogP contribution is -2.25. The number of methoxy groups -OCH3 is 1. The summed E-state index contributed by atoms with van der Waals surface area (Å²) < 4.78 is 20.4. The summed E-state index contributed by atoms with van der Waals surface area (Å²) in [6.45, 7) is 5.77. The fourth-order valence-corrected chi connectivity index (χ4v) is 4.85. The van der Waals surface area contributed by atoms with Crippen LogP contribution in [0.3, 0.4) is 0 Å². The number of nitrogens with one attached hydrogen (secondary N) is 1. The molecule has 0 saturated heterocycles. The number of anilines is 1. The SMILES string of the molecule is CC[C@@H](Sc1nc2nc(C)c(Cc3ccc(F)cc3Cl)c(C)n2n1)C(=O)Nc1ccccc1OC. The molecule has 0 spiro atoms. The molecule has 182 valence electrons. The van der Waals surface area contributed by atoms with Gasteiger partial charge in [-0.15, -0.1) is 5.10 Å². The van der Waals surface area contributed by atoms with Gasteiger partial charge >= 0.3 is 0 Å². The molecule has 4 rings (SSSR count). The van der Waals surface area contributed by atoms with Crippen LogP contribution in [0.5, 0.6) is 5.75 Å². The Hall–Kier alpha value is -3.17. The van der Waals surface area contributed by atoms with E-state index < -0.39 is 5.25 Å². The average Bonchev–Trinajstić information content (AvgIpc) is 3.24. The van der Waals surface area contributed by atoms with Crippen LogP contribution in [0, 0.1) is 19.7 Å². The number of thioether (sulfide) groups is 1. The van der Waals surface area contributed by atoms with E-state index in [1.165, 1.54) is 23.9 Å². The number of fused-ring (bicyclic) bond motifs is 1. The Kier molecular flexibility index (Phi) is 7.57. The minimum atomic E-state index is -0.406. The van der Waals surface area contributed by atoms with Crippen molar-refractivity contribution in [3.05, 3.63) is 75.8 Å². The van der Waals surface area contributed by atoms with E-state index in [4.69, 9.17) is 16.3 Å². The number of carbonyl (C=O) groups excluding carboxylic acids is 1. The molecule has 0 unspecified atom stereocenters. The Morgan fingerprint density at radius 3 is 2.71 bits per heavy atom. The maximum Gasteiger partial charge on any atom is 0.253 e. The summed E-state index contributed by atoms with van der Waals surface area (Å²) in [4.78, 5) is 22.1. The number of aryl methyl sites for hydroxylation is 2. The van der Waals surface area contributed by atoms with Gasteiger partial charge in [0.25, 0.3) is 5.78 Å². The van der Waals surface area contributed by atoms with Crippen LogP contribution in [0.25, 0.3) is 5.78 Å². The molecular formula is C25H25ClFN5O2S. The third-order valence-electron chi connectivity index (χ3n) is 5.69. The quantitative estimate of drug-likeness (QED) is 0.307. The summed E-state index contributed by atoms with van der Waals surface area (Å²) in [5.74, 6) is 0.513. The molecule has 2 aromatic carbocycles. The standard InChI is InChI=1S/C25H25ClFN5O2S/c1-5-22(23(33)29-20-8-6-7-9-21(20)34-4)35-25-30-24-28-14(2)18(15(3)32(24)31-25)12-16-10-11-17(27)13-19(16)26/h6-11,13,22H,5,12H2,1-4H3,(H,29,33)/t22-/m1/s1. The van der Waals surface area contributed by atoms with Crippen LogP contribution in [0.1, 0.15) is 35.9 Å². The first-order valence-electron chi connectivity index (χ1n) is 11.1. The molecule has 0 aliphatic carbocycles. The molecule has 0 saturated carbocycles. The van der Waals surface area contributed by atoms with Gasteiger partial charge in [0.05, 0.1) is 18.0 Å². The molecular weight excluding hydrogens is 489 g/mol. The van der Waals surface area contributed by atoms with E-state index in [-0.39, 0.29) is 11.7 Å². The van der Waals surface area contributed by atoms with E-state index in [1.807, 2.05) is 32.9 Å². The topological polar surface area (TPSA) is 81.4 Å². The van der Waals surface area contributed by atoms with Crippen LogP contribution >= 0.6 is 23.4 Å².